The highest BCUT2D eigenvalue weighted by atomic mass is 16.5. The van der Waals surface area contributed by atoms with Crippen molar-refractivity contribution >= 4 is 22.6 Å². The van der Waals surface area contributed by atoms with Crippen LogP contribution >= 0.6 is 0 Å². The number of esters is 1. The Kier molecular flexibility index (Phi) is 6.27. The quantitative estimate of drug-likeness (QED) is 0.582. The number of unbranched alkanes of at least 4 members (excludes halogenated alkanes) is 3. The van der Waals surface area contributed by atoms with Gasteiger partial charge in [-0.2, -0.15) is 5.10 Å². The summed E-state index contributed by atoms with van der Waals surface area (Å²) in [6.07, 6.45) is 2.87. The van der Waals surface area contributed by atoms with Gasteiger partial charge in [-0.3, -0.25) is 9.59 Å². The molecule has 1 atom stereocenters. The summed E-state index contributed by atoms with van der Waals surface area (Å²) in [5.74, 6) is -1.52. The van der Waals surface area contributed by atoms with Crippen molar-refractivity contribution in [2.75, 3.05) is 0 Å². The molecule has 7 nitrogen and oxygen atoms in total. The van der Waals surface area contributed by atoms with E-state index in [0.29, 0.717) is 17.3 Å². The molecular weight excluding hydrogens is 322 g/mol. The van der Waals surface area contributed by atoms with Crippen LogP contribution in [-0.2, 0) is 16.1 Å². The van der Waals surface area contributed by atoms with Gasteiger partial charge in [0, 0.05) is 11.9 Å². The highest BCUT2D eigenvalue weighted by Crippen LogP contribution is 2.15. The summed E-state index contributed by atoms with van der Waals surface area (Å²) in [5.41, 5.74) is 4.90. The number of carbonyl (C=O) groups excluding carboxylic acids is 2. The van der Waals surface area contributed by atoms with Crippen molar-refractivity contribution in [1.82, 2.24) is 9.78 Å². The standard InChI is InChI=1S/C18H23N3O4/c1-3-4-5-8-11-21-17(23)14-10-7-6-9-13(14)15(20-21)18(24)25-12(2)16(19)22/h6-7,9-10,12H,3-5,8,11H2,1-2H3,(H2,19,22). The lowest BCUT2D eigenvalue weighted by molar-refractivity contribution is -0.125. The van der Waals surface area contributed by atoms with E-state index in [4.69, 9.17) is 10.5 Å². The number of amides is 1. The Hall–Kier alpha value is -2.70. The lowest BCUT2D eigenvalue weighted by Crippen LogP contribution is -2.32. The summed E-state index contributed by atoms with van der Waals surface area (Å²) in [7, 11) is 0. The van der Waals surface area contributed by atoms with Crippen LogP contribution in [-0.4, -0.2) is 27.8 Å². The largest absolute Gasteiger partial charge is 0.448 e. The Bertz CT molecular complexity index is 829. The van der Waals surface area contributed by atoms with E-state index in [2.05, 4.69) is 12.0 Å². The topological polar surface area (TPSA) is 104 Å². The summed E-state index contributed by atoms with van der Waals surface area (Å²) in [6, 6.07) is 6.72. The summed E-state index contributed by atoms with van der Waals surface area (Å²) in [5, 5.41) is 4.98. The van der Waals surface area contributed by atoms with E-state index >= 15 is 0 Å². The number of nitrogens with zero attached hydrogens (tertiary/aromatic N) is 2. The van der Waals surface area contributed by atoms with Crippen molar-refractivity contribution in [2.45, 2.75) is 52.2 Å². The van der Waals surface area contributed by atoms with E-state index in [0.717, 1.165) is 25.7 Å². The summed E-state index contributed by atoms with van der Waals surface area (Å²) in [4.78, 5) is 36.1. The van der Waals surface area contributed by atoms with Crippen molar-refractivity contribution in [3.8, 4) is 0 Å². The SMILES string of the molecule is CCCCCCn1nc(C(=O)OC(C)C(N)=O)c2ccccc2c1=O. The number of primary amides is 1. The second-order valence-electron chi connectivity index (χ2n) is 5.93. The van der Waals surface area contributed by atoms with Crippen molar-refractivity contribution in [1.29, 1.82) is 0 Å². The van der Waals surface area contributed by atoms with E-state index < -0.39 is 18.0 Å². The minimum Gasteiger partial charge on any atom is -0.448 e. The van der Waals surface area contributed by atoms with Gasteiger partial charge in [0.15, 0.2) is 11.8 Å². The van der Waals surface area contributed by atoms with Crippen LogP contribution < -0.4 is 11.3 Å². The van der Waals surface area contributed by atoms with Gasteiger partial charge in [-0.05, 0) is 19.4 Å². The molecule has 1 aromatic carbocycles. The minimum absolute atomic E-state index is 0.0128. The molecule has 0 aliphatic carbocycles. The number of fused-ring (bicyclic) bond motifs is 1. The molecule has 0 bridgehead atoms. The van der Waals surface area contributed by atoms with Crippen LogP contribution in [0, 0.1) is 0 Å². The lowest BCUT2D eigenvalue weighted by atomic mass is 10.1. The number of ether oxygens (including phenoxy) is 1. The fraction of sp³-hybridized carbons (Fsp3) is 0.444. The van der Waals surface area contributed by atoms with Gasteiger partial charge in [-0.1, -0.05) is 44.4 Å². The highest BCUT2D eigenvalue weighted by Gasteiger charge is 2.21. The Morgan fingerprint density at radius 1 is 1.20 bits per heavy atom. The van der Waals surface area contributed by atoms with Crippen LogP contribution in [0.3, 0.4) is 0 Å². The third-order valence-corrected chi connectivity index (χ3v) is 3.97. The molecule has 134 valence electrons. The maximum absolute atomic E-state index is 12.6. The Balaban J connectivity index is 2.40. The van der Waals surface area contributed by atoms with Gasteiger partial charge in [0.05, 0.1) is 5.39 Å². The zero-order valence-corrected chi connectivity index (χ0v) is 14.5. The fourth-order valence-electron chi connectivity index (χ4n) is 2.50. The summed E-state index contributed by atoms with van der Waals surface area (Å²) in [6.45, 7) is 3.92. The Morgan fingerprint density at radius 3 is 2.52 bits per heavy atom. The van der Waals surface area contributed by atoms with Crippen LogP contribution in [0.4, 0.5) is 0 Å². The molecule has 0 spiro atoms. The third-order valence-electron chi connectivity index (χ3n) is 3.97. The van der Waals surface area contributed by atoms with Gasteiger partial charge in [0.1, 0.15) is 0 Å². The van der Waals surface area contributed by atoms with Crippen LogP contribution in [0.1, 0.15) is 50.0 Å². The van der Waals surface area contributed by atoms with Crippen molar-refractivity contribution in [3.63, 3.8) is 0 Å². The van der Waals surface area contributed by atoms with Gasteiger partial charge >= 0.3 is 5.97 Å². The zero-order valence-electron chi connectivity index (χ0n) is 14.5. The molecule has 2 aromatic rings. The second kappa shape index (κ2) is 8.41. The maximum Gasteiger partial charge on any atom is 0.360 e. The molecule has 0 fully saturated rings. The van der Waals surface area contributed by atoms with Crippen LogP contribution in [0.2, 0.25) is 0 Å². The monoisotopic (exact) mass is 345 g/mol. The molecule has 0 aliphatic rings. The second-order valence-corrected chi connectivity index (χ2v) is 5.93. The van der Waals surface area contributed by atoms with Crippen LogP contribution in [0.5, 0.6) is 0 Å². The van der Waals surface area contributed by atoms with Crippen LogP contribution in [0.15, 0.2) is 29.1 Å². The first-order valence-corrected chi connectivity index (χ1v) is 8.45. The van der Waals surface area contributed by atoms with E-state index in [1.165, 1.54) is 11.6 Å². The van der Waals surface area contributed by atoms with Crippen molar-refractivity contribution in [3.05, 3.63) is 40.3 Å². The number of rotatable bonds is 8. The molecule has 1 aromatic heterocycles. The van der Waals surface area contributed by atoms with Crippen LogP contribution in [0.25, 0.3) is 10.8 Å². The van der Waals surface area contributed by atoms with Gasteiger partial charge in [-0.15, -0.1) is 0 Å². The molecule has 1 unspecified atom stereocenters. The predicted octanol–water partition coefficient (Wildman–Crippen LogP) is 2.01. The maximum atomic E-state index is 12.6. The average Bonchev–Trinajstić information content (AvgIpc) is 2.60. The molecule has 0 aliphatic heterocycles. The number of hydrogen-bond donors (Lipinski definition) is 1. The third kappa shape index (κ3) is 4.43. The molecule has 2 rings (SSSR count). The molecule has 0 saturated heterocycles. The smallest absolute Gasteiger partial charge is 0.360 e. The van der Waals surface area contributed by atoms with Crippen molar-refractivity contribution < 1.29 is 14.3 Å². The predicted molar refractivity (Wildman–Crippen MR) is 94.2 cm³/mol. The number of aromatic nitrogens is 2. The molecule has 1 heterocycles. The van der Waals surface area contributed by atoms with E-state index in [9.17, 15) is 14.4 Å². The normalized spacial score (nSPS) is 12.1. The molecule has 7 heteroatoms. The number of nitrogens with two attached hydrogens (primary N) is 1. The number of carbonyl (C=O) groups is 2. The van der Waals surface area contributed by atoms with Gasteiger partial charge < -0.3 is 10.5 Å². The first kappa shape index (κ1) is 18.6. The average molecular weight is 345 g/mol. The first-order chi connectivity index (χ1) is 12.0. The van der Waals surface area contributed by atoms with Crippen molar-refractivity contribution in [2.24, 2.45) is 5.73 Å². The van der Waals surface area contributed by atoms with E-state index in [-0.39, 0.29) is 11.3 Å². The zero-order chi connectivity index (χ0) is 18.4. The number of aryl methyl sites for hydroxylation is 1. The molecule has 2 N–H and O–H groups in total. The molecule has 0 saturated carbocycles. The van der Waals surface area contributed by atoms with Gasteiger partial charge in [0.25, 0.3) is 11.5 Å². The minimum atomic E-state index is -1.07. The fourth-order valence-corrected chi connectivity index (χ4v) is 2.50. The lowest BCUT2D eigenvalue weighted by Gasteiger charge is -2.13. The molecular formula is C18H23N3O4. The number of hydrogen-bond acceptors (Lipinski definition) is 5. The highest BCUT2D eigenvalue weighted by molar-refractivity contribution is 6.02. The van der Waals surface area contributed by atoms with Gasteiger partial charge in [-0.25, -0.2) is 9.48 Å². The van der Waals surface area contributed by atoms with E-state index in [1.807, 2.05) is 0 Å². The number of benzene rings is 1. The Labute approximate surface area is 145 Å². The molecule has 25 heavy (non-hydrogen) atoms. The summed E-state index contributed by atoms with van der Waals surface area (Å²) >= 11 is 0. The van der Waals surface area contributed by atoms with Gasteiger partial charge in [0.2, 0.25) is 0 Å². The molecule has 1 amide bonds. The summed E-state index contributed by atoms with van der Waals surface area (Å²) < 4.78 is 6.35. The molecule has 0 radical (unpaired) electrons. The Morgan fingerprint density at radius 2 is 1.88 bits per heavy atom. The van der Waals surface area contributed by atoms with E-state index in [1.54, 1.807) is 24.3 Å². The first-order valence-electron chi connectivity index (χ1n) is 8.45.